The second-order valence-electron chi connectivity index (χ2n) is 4.61. The van der Waals surface area contributed by atoms with Gasteiger partial charge in [0.05, 0.1) is 0 Å². The summed E-state index contributed by atoms with van der Waals surface area (Å²) in [5, 5.41) is 0. The van der Waals surface area contributed by atoms with E-state index in [0.29, 0.717) is 6.54 Å². The molecule has 1 aromatic carbocycles. The van der Waals surface area contributed by atoms with Crippen molar-refractivity contribution in [2.75, 3.05) is 6.54 Å². The Morgan fingerprint density at radius 2 is 1.78 bits per heavy atom. The largest absolute Gasteiger partial charge is 0.481 e. The second kappa shape index (κ2) is 5.27. The molecule has 0 radical (unpaired) electrons. The zero-order valence-electron chi connectivity index (χ0n) is 11.1. The van der Waals surface area contributed by atoms with Crippen molar-refractivity contribution in [3.63, 3.8) is 0 Å². The Hall–Kier alpha value is -1.74. The first-order valence-electron chi connectivity index (χ1n) is 6.10. The van der Waals surface area contributed by atoms with E-state index < -0.39 is 0 Å². The van der Waals surface area contributed by atoms with Crippen LogP contribution in [0.4, 0.5) is 0 Å². The summed E-state index contributed by atoms with van der Waals surface area (Å²) in [5.41, 5.74) is 8.11. The molecule has 0 spiro atoms. The van der Waals surface area contributed by atoms with Gasteiger partial charge in [-0.15, -0.1) is 0 Å². The van der Waals surface area contributed by atoms with Crippen LogP contribution in [-0.2, 0) is 0 Å². The maximum atomic E-state index is 5.91. The van der Waals surface area contributed by atoms with E-state index in [1.54, 1.807) is 0 Å². The molecule has 1 heterocycles. The predicted octanol–water partition coefficient (Wildman–Crippen LogP) is 3.28. The first kappa shape index (κ1) is 12.7. The molecule has 0 fully saturated rings. The molecule has 0 bridgehead atoms. The third-order valence-electron chi connectivity index (χ3n) is 2.77. The van der Waals surface area contributed by atoms with Crippen LogP contribution in [-0.4, -0.2) is 6.54 Å². The van der Waals surface area contributed by atoms with Crippen molar-refractivity contribution in [1.29, 1.82) is 0 Å². The van der Waals surface area contributed by atoms with Crippen molar-refractivity contribution in [2.45, 2.75) is 26.9 Å². The molecule has 2 aromatic rings. The quantitative estimate of drug-likeness (QED) is 0.899. The van der Waals surface area contributed by atoms with Crippen LogP contribution in [0.2, 0.25) is 0 Å². The smallest absolute Gasteiger partial charge is 0.168 e. The maximum absolute atomic E-state index is 5.91. The van der Waals surface area contributed by atoms with E-state index in [4.69, 9.17) is 14.9 Å². The number of hydrogen-bond acceptors (Lipinski definition) is 3. The van der Waals surface area contributed by atoms with Gasteiger partial charge < -0.3 is 14.9 Å². The Morgan fingerprint density at radius 1 is 1.11 bits per heavy atom. The number of furan rings is 1. The Kier molecular flexibility index (Phi) is 3.72. The zero-order chi connectivity index (χ0) is 13.1. The molecular formula is C15H19NO2. The number of ether oxygens (including phenoxy) is 1. The topological polar surface area (TPSA) is 48.4 Å². The van der Waals surface area contributed by atoms with E-state index in [-0.39, 0.29) is 6.10 Å². The van der Waals surface area contributed by atoms with Gasteiger partial charge in [0.2, 0.25) is 0 Å². The van der Waals surface area contributed by atoms with Gasteiger partial charge in [-0.1, -0.05) is 6.07 Å². The fourth-order valence-electron chi connectivity index (χ4n) is 2.01. The Morgan fingerprint density at radius 3 is 2.28 bits per heavy atom. The van der Waals surface area contributed by atoms with Gasteiger partial charge in [-0.3, -0.25) is 0 Å². The van der Waals surface area contributed by atoms with Gasteiger partial charge in [0.25, 0.3) is 0 Å². The van der Waals surface area contributed by atoms with Gasteiger partial charge in [-0.05, 0) is 56.2 Å². The second-order valence-corrected chi connectivity index (χ2v) is 4.61. The molecule has 3 heteroatoms. The molecule has 0 aliphatic heterocycles. The van der Waals surface area contributed by atoms with E-state index >= 15 is 0 Å². The summed E-state index contributed by atoms with van der Waals surface area (Å²) in [4.78, 5) is 0. The Balaban J connectivity index is 2.20. The number of benzene rings is 1. The van der Waals surface area contributed by atoms with Crippen molar-refractivity contribution in [3.8, 4) is 5.75 Å². The third kappa shape index (κ3) is 2.93. The van der Waals surface area contributed by atoms with E-state index in [9.17, 15) is 0 Å². The summed E-state index contributed by atoms with van der Waals surface area (Å²) in [6, 6.07) is 9.95. The van der Waals surface area contributed by atoms with Gasteiger partial charge >= 0.3 is 0 Å². The molecule has 1 atom stereocenters. The molecule has 3 nitrogen and oxygen atoms in total. The molecular weight excluding hydrogens is 226 g/mol. The molecule has 1 aromatic heterocycles. The van der Waals surface area contributed by atoms with Crippen LogP contribution in [0, 0.1) is 20.8 Å². The van der Waals surface area contributed by atoms with Crippen molar-refractivity contribution < 1.29 is 9.15 Å². The highest BCUT2D eigenvalue weighted by Gasteiger charge is 2.15. The van der Waals surface area contributed by atoms with E-state index in [2.05, 4.69) is 6.07 Å². The van der Waals surface area contributed by atoms with Crippen LogP contribution >= 0.6 is 0 Å². The van der Waals surface area contributed by atoms with Crippen LogP contribution in [0.3, 0.4) is 0 Å². The SMILES string of the molecule is Cc1cc(C)cc(OC(CN)c2ccc(C)o2)c1. The van der Waals surface area contributed by atoms with Crippen LogP contribution in [0.25, 0.3) is 0 Å². The summed E-state index contributed by atoms with van der Waals surface area (Å²) < 4.78 is 11.5. The highest BCUT2D eigenvalue weighted by Crippen LogP contribution is 2.24. The molecule has 2 N–H and O–H groups in total. The van der Waals surface area contributed by atoms with Crippen LogP contribution in [0.15, 0.2) is 34.7 Å². The molecule has 1 unspecified atom stereocenters. The predicted molar refractivity (Wildman–Crippen MR) is 71.8 cm³/mol. The summed E-state index contributed by atoms with van der Waals surface area (Å²) in [5.74, 6) is 2.47. The molecule has 2 rings (SSSR count). The first-order valence-corrected chi connectivity index (χ1v) is 6.10. The number of rotatable bonds is 4. The average Bonchev–Trinajstić information content (AvgIpc) is 2.71. The summed E-state index contributed by atoms with van der Waals surface area (Å²) >= 11 is 0. The Bertz CT molecular complexity index is 511. The fourth-order valence-corrected chi connectivity index (χ4v) is 2.01. The van der Waals surface area contributed by atoms with Gasteiger partial charge in [0.15, 0.2) is 6.10 Å². The first-order chi connectivity index (χ1) is 8.58. The minimum Gasteiger partial charge on any atom is -0.481 e. The van der Waals surface area contributed by atoms with Crippen LogP contribution in [0.1, 0.15) is 28.8 Å². The molecule has 0 saturated carbocycles. The minimum atomic E-state index is -0.236. The van der Waals surface area contributed by atoms with Gasteiger partial charge in [0.1, 0.15) is 17.3 Å². The average molecular weight is 245 g/mol. The highest BCUT2D eigenvalue weighted by molar-refractivity contribution is 5.33. The van der Waals surface area contributed by atoms with Gasteiger partial charge in [-0.2, -0.15) is 0 Å². The lowest BCUT2D eigenvalue weighted by Gasteiger charge is -2.16. The summed E-state index contributed by atoms with van der Waals surface area (Å²) in [7, 11) is 0. The van der Waals surface area contributed by atoms with E-state index in [0.717, 1.165) is 17.3 Å². The lowest BCUT2D eigenvalue weighted by molar-refractivity contribution is 0.182. The third-order valence-corrected chi connectivity index (χ3v) is 2.77. The minimum absolute atomic E-state index is 0.236. The standard InChI is InChI=1S/C15H19NO2/c1-10-6-11(2)8-13(7-10)18-15(9-16)14-5-4-12(3)17-14/h4-8,15H,9,16H2,1-3H3. The monoisotopic (exact) mass is 245 g/mol. The van der Waals surface area contributed by atoms with Gasteiger partial charge in [0, 0.05) is 6.54 Å². The molecule has 18 heavy (non-hydrogen) atoms. The van der Waals surface area contributed by atoms with Crippen molar-refractivity contribution in [3.05, 3.63) is 53.0 Å². The summed E-state index contributed by atoms with van der Waals surface area (Å²) in [6.45, 7) is 6.40. The van der Waals surface area contributed by atoms with Gasteiger partial charge in [-0.25, -0.2) is 0 Å². The van der Waals surface area contributed by atoms with Crippen molar-refractivity contribution in [1.82, 2.24) is 0 Å². The number of nitrogens with two attached hydrogens (primary N) is 1. The molecule has 0 saturated heterocycles. The van der Waals surface area contributed by atoms with Crippen molar-refractivity contribution >= 4 is 0 Å². The normalized spacial score (nSPS) is 12.4. The maximum Gasteiger partial charge on any atom is 0.168 e. The van der Waals surface area contributed by atoms with E-state index in [1.165, 1.54) is 11.1 Å². The van der Waals surface area contributed by atoms with Crippen LogP contribution < -0.4 is 10.5 Å². The van der Waals surface area contributed by atoms with E-state index in [1.807, 2.05) is 45.0 Å². The fraction of sp³-hybridized carbons (Fsp3) is 0.333. The molecule has 0 aliphatic carbocycles. The molecule has 0 amide bonds. The lowest BCUT2D eigenvalue weighted by atomic mass is 10.1. The number of aryl methyl sites for hydroxylation is 3. The van der Waals surface area contributed by atoms with Crippen molar-refractivity contribution in [2.24, 2.45) is 5.73 Å². The number of hydrogen-bond donors (Lipinski definition) is 1. The van der Waals surface area contributed by atoms with Crippen LogP contribution in [0.5, 0.6) is 5.75 Å². The zero-order valence-corrected chi connectivity index (χ0v) is 11.1. The molecule has 0 aliphatic rings. The lowest BCUT2D eigenvalue weighted by Crippen LogP contribution is -2.18. The Labute approximate surface area is 108 Å². The highest BCUT2D eigenvalue weighted by atomic mass is 16.5. The molecule has 96 valence electrons. The summed E-state index contributed by atoms with van der Waals surface area (Å²) in [6.07, 6.45) is -0.236.